The molecule has 2 aromatic carbocycles. The summed E-state index contributed by atoms with van der Waals surface area (Å²) >= 11 is 1.18. The van der Waals surface area contributed by atoms with Crippen molar-refractivity contribution >= 4 is 23.5 Å². The number of methoxy groups -OCH3 is 3. The van der Waals surface area contributed by atoms with Crippen molar-refractivity contribution in [2.45, 2.75) is 24.1 Å². The summed E-state index contributed by atoms with van der Waals surface area (Å²) in [5.41, 5.74) is 3.12. The normalized spacial score (nSPS) is 11.4. The summed E-state index contributed by atoms with van der Waals surface area (Å²) < 4.78 is 21.6. The SMILES string of the molecule is COc1cc(-c2cc(-c3ccccc3)nc(SC(C)C(=O)Nc3cc(C)on3)c2C#N)cc(OC)c1OC. The monoisotopic (exact) mass is 530 g/mol. The molecule has 0 bridgehead atoms. The van der Waals surface area contributed by atoms with Crippen molar-refractivity contribution in [2.24, 2.45) is 0 Å². The Labute approximate surface area is 224 Å². The molecule has 2 aromatic heterocycles. The van der Waals surface area contributed by atoms with Crippen LogP contribution in [0.2, 0.25) is 0 Å². The highest BCUT2D eigenvalue weighted by atomic mass is 32.2. The molecule has 2 heterocycles. The van der Waals surface area contributed by atoms with E-state index < -0.39 is 5.25 Å². The van der Waals surface area contributed by atoms with E-state index in [4.69, 9.17) is 23.7 Å². The third kappa shape index (κ3) is 5.58. The van der Waals surface area contributed by atoms with Crippen molar-refractivity contribution in [2.75, 3.05) is 26.6 Å². The maximum atomic E-state index is 12.9. The summed E-state index contributed by atoms with van der Waals surface area (Å²) in [6.07, 6.45) is 0. The number of thioether (sulfide) groups is 1. The fourth-order valence-corrected chi connectivity index (χ4v) is 4.74. The van der Waals surface area contributed by atoms with E-state index in [1.54, 1.807) is 32.0 Å². The van der Waals surface area contributed by atoms with Gasteiger partial charge in [0.25, 0.3) is 0 Å². The highest BCUT2D eigenvalue weighted by Crippen LogP contribution is 2.43. The molecule has 0 aliphatic heterocycles. The summed E-state index contributed by atoms with van der Waals surface area (Å²) in [4.78, 5) is 17.7. The summed E-state index contributed by atoms with van der Waals surface area (Å²) in [6.45, 7) is 3.48. The van der Waals surface area contributed by atoms with Crippen LogP contribution in [-0.2, 0) is 4.79 Å². The molecule has 0 aliphatic carbocycles. The molecule has 0 spiro atoms. The van der Waals surface area contributed by atoms with Gasteiger partial charge in [0.1, 0.15) is 16.9 Å². The first-order valence-electron chi connectivity index (χ1n) is 11.6. The number of hydrogen-bond acceptors (Lipinski definition) is 9. The number of ether oxygens (including phenoxy) is 3. The van der Waals surface area contributed by atoms with E-state index in [0.29, 0.717) is 56.2 Å². The topological polar surface area (TPSA) is 120 Å². The van der Waals surface area contributed by atoms with Gasteiger partial charge in [0, 0.05) is 17.2 Å². The number of carbonyl (C=O) groups is 1. The minimum Gasteiger partial charge on any atom is -0.493 e. The molecular formula is C28H26N4O5S. The number of nitrogens with one attached hydrogen (secondary N) is 1. The first-order valence-corrected chi connectivity index (χ1v) is 12.5. The second-order valence-electron chi connectivity index (χ2n) is 8.20. The first kappa shape index (κ1) is 26.6. The molecule has 1 amide bonds. The van der Waals surface area contributed by atoms with E-state index in [1.165, 1.54) is 33.1 Å². The molecular weight excluding hydrogens is 504 g/mol. The van der Waals surface area contributed by atoms with Gasteiger partial charge >= 0.3 is 0 Å². The highest BCUT2D eigenvalue weighted by Gasteiger charge is 2.24. The third-order valence-corrected chi connectivity index (χ3v) is 6.77. The molecule has 0 fully saturated rings. The van der Waals surface area contributed by atoms with Gasteiger partial charge < -0.3 is 24.1 Å². The molecule has 9 nitrogen and oxygen atoms in total. The lowest BCUT2D eigenvalue weighted by atomic mass is 9.98. The Hall–Kier alpha value is -4.49. The standard InChI is InChI=1S/C28H26N4O5S/c1-16-11-25(32-37-16)31-27(33)17(2)38-28-21(15-29)20(14-22(30-28)18-9-7-6-8-10-18)19-12-23(34-3)26(36-5)24(13-19)35-4/h6-14,17H,1-5H3,(H,31,32,33). The molecule has 0 radical (unpaired) electrons. The van der Waals surface area contributed by atoms with Gasteiger partial charge in [-0.25, -0.2) is 4.98 Å². The van der Waals surface area contributed by atoms with Gasteiger partial charge in [0.2, 0.25) is 11.7 Å². The predicted octanol–water partition coefficient (Wildman–Crippen LogP) is 5.73. The van der Waals surface area contributed by atoms with Crippen molar-refractivity contribution in [3.63, 3.8) is 0 Å². The minimum absolute atomic E-state index is 0.298. The van der Waals surface area contributed by atoms with E-state index in [-0.39, 0.29) is 5.91 Å². The third-order valence-electron chi connectivity index (χ3n) is 5.68. The Morgan fingerprint density at radius 3 is 2.26 bits per heavy atom. The van der Waals surface area contributed by atoms with Crippen LogP contribution in [0.3, 0.4) is 0 Å². The van der Waals surface area contributed by atoms with E-state index in [0.717, 1.165) is 5.56 Å². The van der Waals surface area contributed by atoms with Gasteiger partial charge in [-0.3, -0.25) is 4.79 Å². The zero-order valence-electron chi connectivity index (χ0n) is 21.6. The first-order chi connectivity index (χ1) is 18.4. The maximum absolute atomic E-state index is 12.9. The molecule has 1 atom stereocenters. The molecule has 4 aromatic rings. The zero-order chi connectivity index (χ0) is 27.2. The second-order valence-corrected chi connectivity index (χ2v) is 9.53. The Kier molecular flexibility index (Phi) is 8.19. The number of nitrogens with zero attached hydrogens (tertiary/aromatic N) is 3. The molecule has 0 aliphatic rings. The van der Waals surface area contributed by atoms with Gasteiger partial charge in [-0.2, -0.15) is 5.26 Å². The number of carbonyl (C=O) groups excluding carboxylic acids is 1. The summed E-state index contributed by atoms with van der Waals surface area (Å²) in [5, 5.41) is 16.6. The van der Waals surface area contributed by atoms with Crippen molar-refractivity contribution in [3.05, 3.63) is 65.9 Å². The Bertz CT molecular complexity index is 1470. The van der Waals surface area contributed by atoms with Crippen LogP contribution < -0.4 is 19.5 Å². The molecule has 194 valence electrons. The molecule has 4 rings (SSSR count). The number of nitriles is 1. The average molecular weight is 531 g/mol. The second kappa shape index (κ2) is 11.7. The lowest BCUT2D eigenvalue weighted by Gasteiger charge is -2.17. The van der Waals surface area contributed by atoms with Crippen LogP contribution >= 0.6 is 11.8 Å². The Morgan fingerprint density at radius 1 is 1.03 bits per heavy atom. The van der Waals surface area contributed by atoms with Crippen LogP contribution in [0.5, 0.6) is 17.2 Å². The van der Waals surface area contributed by atoms with E-state index >= 15 is 0 Å². The predicted molar refractivity (Wildman–Crippen MR) is 145 cm³/mol. The van der Waals surface area contributed by atoms with Gasteiger partial charge in [-0.1, -0.05) is 47.3 Å². The van der Waals surface area contributed by atoms with Crippen molar-refractivity contribution in [1.29, 1.82) is 5.26 Å². The number of pyridine rings is 1. The Balaban J connectivity index is 1.83. The molecule has 1 unspecified atom stereocenters. The molecule has 0 saturated carbocycles. The van der Waals surface area contributed by atoms with Crippen LogP contribution in [0.4, 0.5) is 5.82 Å². The molecule has 10 heteroatoms. The van der Waals surface area contributed by atoms with Crippen LogP contribution in [-0.4, -0.2) is 42.6 Å². The molecule has 1 N–H and O–H groups in total. The summed E-state index contributed by atoms with van der Waals surface area (Å²) in [6, 6.07) is 18.9. The minimum atomic E-state index is -0.592. The fraction of sp³-hybridized carbons (Fsp3) is 0.214. The lowest BCUT2D eigenvalue weighted by Crippen LogP contribution is -2.22. The summed E-state index contributed by atoms with van der Waals surface area (Å²) in [5.74, 6) is 1.96. The number of aryl methyl sites for hydroxylation is 1. The van der Waals surface area contributed by atoms with Crippen molar-refractivity contribution in [3.8, 4) is 45.7 Å². The summed E-state index contributed by atoms with van der Waals surface area (Å²) in [7, 11) is 4.60. The fourth-order valence-electron chi connectivity index (χ4n) is 3.81. The van der Waals surface area contributed by atoms with Crippen LogP contribution in [0.1, 0.15) is 18.2 Å². The molecule has 38 heavy (non-hydrogen) atoms. The average Bonchev–Trinajstić information content (AvgIpc) is 3.36. The van der Waals surface area contributed by atoms with Gasteiger partial charge in [0.15, 0.2) is 17.3 Å². The number of amides is 1. The van der Waals surface area contributed by atoms with E-state index in [2.05, 4.69) is 16.5 Å². The molecule has 0 saturated heterocycles. The Morgan fingerprint density at radius 2 is 1.71 bits per heavy atom. The highest BCUT2D eigenvalue weighted by molar-refractivity contribution is 8.00. The number of rotatable bonds is 9. The zero-order valence-corrected chi connectivity index (χ0v) is 22.4. The lowest BCUT2D eigenvalue weighted by molar-refractivity contribution is -0.115. The number of anilines is 1. The largest absolute Gasteiger partial charge is 0.493 e. The van der Waals surface area contributed by atoms with Crippen LogP contribution in [0.15, 0.2) is 64.1 Å². The number of hydrogen-bond donors (Lipinski definition) is 1. The smallest absolute Gasteiger partial charge is 0.238 e. The quantitative estimate of drug-likeness (QED) is 0.271. The number of benzene rings is 2. The maximum Gasteiger partial charge on any atom is 0.238 e. The van der Waals surface area contributed by atoms with E-state index in [9.17, 15) is 10.1 Å². The van der Waals surface area contributed by atoms with E-state index in [1.807, 2.05) is 36.4 Å². The number of aromatic nitrogens is 2. The van der Waals surface area contributed by atoms with Gasteiger partial charge in [-0.15, -0.1) is 0 Å². The van der Waals surface area contributed by atoms with Gasteiger partial charge in [-0.05, 0) is 37.6 Å². The van der Waals surface area contributed by atoms with Crippen molar-refractivity contribution in [1.82, 2.24) is 10.1 Å². The van der Waals surface area contributed by atoms with Crippen molar-refractivity contribution < 1.29 is 23.5 Å². The van der Waals surface area contributed by atoms with Gasteiger partial charge in [0.05, 0.1) is 37.8 Å². The van der Waals surface area contributed by atoms with Crippen LogP contribution in [0.25, 0.3) is 22.4 Å². The van der Waals surface area contributed by atoms with Crippen LogP contribution in [0, 0.1) is 18.3 Å².